The number of likely N-dealkylation sites (tertiary alicyclic amines) is 1. The van der Waals surface area contributed by atoms with Crippen molar-refractivity contribution in [2.24, 2.45) is 0 Å². The quantitative estimate of drug-likeness (QED) is 0.295. The number of nitrogens with zero attached hydrogens (tertiary/aromatic N) is 4. The minimum atomic E-state index is -0.947. The molecule has 0 bridgehead atoms. The van der Waals surface area contributed by atoms with Crippen LogP contribution >= 0.6 is 0 Å². The van der Waals surface area contributed by atoms with Gasteiger partial charge in [0.25, 0.3) is 5.91 Å². The minimum absolute atomic E-state index is 0.113. The Balaban J connectivity index is 1.46. The van der Waals surface area contributed by atoms with Crippen LogP contribution in [0.1, 0.15) is 41.3 Å². The van der Waals surface area contributed by atoms with Gasteiger partial charge in [0.15, 0.2) is 0 Å². The van der Waals surface area contributed by atoms with Gasteiger partial charge in [0, 0.05) is 55.2 Å². The number of nitrogens with one attached hydrogen (secondary N) is 1. The Morgan fingerprint density at radius 1 is 1.05 bits per heavy atom. The van der Waals surface area contributed by atoms with Crippen molar-refractivity contribution in [3.05, 3.63) is 82.6 Å². The van der Waals surface area contributed by atoms with Crippen LogP contribution in [0.5, 0.6) is 0 Å². The van der Waals surface area contributed by atoms with Crippen molar-refractivity contribution in [1.82, 2.24) is 9.80 Å². The molecule has 2 fully saturated rings. The summed E-state index contributed by atoms with van der Waals surface area (Å²) < 4.78 is 0. The van der Waals surface area contributed by atoms with Crippen LogP contribution in [-0.4, -0.2) is 71.6 Å². The fraction of sp³-hybridized carbons (Fsp3) is 0.364. The monoisotopic (exact) mass is 551 g/mol. The summed E-state index contributed by atoms with van der Waals surface area (Å²) in [6, 6.07) is 15.0. The Kier molecular flexibility index (Phi) is 9.37. The zero-order chi connectivity index (χ0) is 29.5. The molecule has 8 nitrogen and oxygen atoms in total. The number of carboxylic acid groups (broad SMARTS) is 1. The third-order valence-corrected chi connectivity index (χ3v) is 7.94. The number of carboxylic acids is 1. The van der Waals surface area contributed by atoms with Crippen molar-refractivity contribution in [3.63, 3.8) is 0 Å². The van der Waals surface area contributed by atoms with E-state index in [-0.39, 0.29) is 18.5 Å². The highest BCUT2D eigenvalue weighted by Gasteiger charge is 2.35. The fourth-order valence-electron chi connectivity index (χ4n) is 5.69. The molecule has 0 radical (unpaired) electrons. The average Bonchev–Trinajstić information content (AvgIpc) is 2.99. The highest BCUT2D eigenvalue weighted by Crippen LogP contribution is 2.28. The number of benzene rings is 2. The van der Waals surface area contributed by atoms with Crippen molar-refractivity contribution in [1.29, 1.82) is 5.26 Å². The number of piperidine rings is 1. The molecule has 2 aromatic rings. The van der Waals surface area contributed by atoms with Crippen molar-refractivity contribution >= 4 is 23.3 Å². The second-order valence-corrected chi connectivity index (χ2v) is 10.5. The van der Waals surface area contributed by atoms with Crippen molar-refractivity contribution in [2.45, 2.75) is 45.7 Å². The van der Waals surface area contributed by atoms with E-state index in [2.05, 4.69) is 22.2 Å². The second kappa shape index (κ2) is 13.1. The van der Waals surface area contributed by atoms with Crippen molar-refractivity contribution in [2.75, 3.05) is 42.9 Å². The van der Waals surface area contributed by atoms with Gasteiger partial charge in [-0.1, -0.05) is 36.3 Å². The number of anilines is 2. The first-order valence-electron chi connectivity index (χ1n) is 14.0. The van der Waals surface area contributed by atoms with E-state index in [4.69, 9.17) is 6.42 Å². The number of hydrogen-bond acceptors (Lipinski definition) is 6. The molecule has 2 aromatic carbocycles. The summed E-state index contributed by atoms with van der Waals surface area (Å²) in [6.45, 7) is 8.28. The number of hydrogen-bond donors (Lipinski definition) is 2. The SMILES string of the molecule is C#C/C=C(\C(C#N)=C/C)N1CCC(Nc2cc(C(=O)N3CCN(c4ccccc4)C(C(=O)O)C3)c(C)cc2C)CC1. The molecule has 2 aliphatic rings. The Labute approximate surface area is 242 Å². The standard InChI is InChI=1S/C33H37N5O3/c1-5-10-30(25(6-2)21-34)36-15-13-26(14-16-36)35-29-20-28(23(3)19-24(29)4)32(39)37-17-18-38(31(22-37)33(40)41)27-11-8-7-9-12-27/h1,6-12,19-20,26,31,35H,13-18,22H2,2-4H3,(H,40,41)/b25-6-,30-10+. The summed E-state index contributed by atoms with van der Waals surface area (Å²) in [4.78, 5) is 31.6. The van der Waals surface area contributed by atoms with Crippen LogP contribution in [0.15, 0.2) is 65.9 Å². The normalized spacial score (nSPS) is 18.5. The molecule has 0 aliphatic carbocycles. The van der Waals surface area contributed by atoms with E-state index in [9.17, 15) is 20.0 Å². The number of amides is 1. The Bertz CT molecular complexity index is 1430. The van der Waals surface area contributed by atoms with Gasteiger partial charge in [-0.05, 0) is 62.9 Å². The lowest BCUT2D eigenvalue weighted by Gasteiger charge is -2.41. The summed E-state index contributed by atoms with van der Waals surface area (Å²) >= 11 is 0. The summed E-state index contributed by atoms with van der Waals surface area (Å²) in [7, 11) is 0. The molecular formula is C33H37N5O3. The van der Waals surface area contributed by atoms with Crippen LogP contribution in [0.2, 0.25) is 0 Å². The first kappa shape index (κ1) is 29.3. The van der Waals surface area contributed by atoms with E-state index >= 15 is 0 Å². The molecule has 1 unspecified atom stereocenters. The minimum Gasteiger partial charge on any atom is -0.480 e. The third kappa shape index (κ3) is 6.56. The van der Waals surface area contributed by atoms with Crippen LogP contribution in [0.3, 0.4) is 0 Å². The molecule has 2 N–H and O–H groups in total. The molecule has 2 aliphatic heterocycles. The smallest absolute Gasteiger partial charge is 0.328 e. The van der Waals surface area contributed by atoms with E-state index in [1.54, 1.807) is 17.1 Å². The van der Waals surface area contributed by atoms with Gasteiger partial charge in [-0.3, -0.25) is 4.79 Å². The molecule has 2 saturated heterocycles. The highest BCUT2D eigenvalue weighted by atomic mass is 16.4. The number of carbonyl (C=O) groups is 2. The van der Waals surface area contributed by atoms with Gasteiger partial charge in [0.1, 0.15) is 12.1 Å². The van der Waals surface area contributed by atoms with E-state index in [0.29, 0.717) is 24.2 Å². The molecule has 1 amide bonds. The first-order chi connectivity index (χ1) is 19.8. The molecule has 1 atom stereocenters. The first-order valence-corrected chi connectivity index (χ1v) is 14.0. The summed E-state index contributed by atoms with van der Waals surface area (Å²) in [5.74, 6) is 1.46. The molecular weight excluding hydrogens is 514 g/mol. The van der Waals surface area contributed by atoms with Gasteiger partial charge in [0.2, 0.25) is 0 Å². The summed E-state index contributed by atoms with van der Waals surface area (Å²) in [5, 5.41) is 23.1. The number of carbonyl (C=O) groups excluding carboxylic acids is 1. The maximum atomic E-state index is 13.7. The number of allylic oxidation sites excluding steroid dienone is 3. The number of para-hydroxylation sites is 1. The number of aryl methyl sites for hydroxylation is 2. The maximum absolute atomic E-state index is 13.7. The average molecular weight is 552 g/mol. The Hall–Kier alpha value is -4.69. The number of piperazine rings is 1. The van der Waals surface area contributed by atoms with Gasteiger partial charge in [-0.25, -0.2) is 4.79 Å². The van der Waals surface area contributed by atoms with Gasteiger partial charge in [-0.2, -0.15) is 5.26 Å². The van der Waals surface area contributed by atoms with Gasteiger partial charge >= 0.3 is 5.97 Å². The maximum Gasteiger partial charge on any atom is 0.328 e. The van der Waals surface area contributed by atoms with Gasteiger partial charge in [0.05, 0.1) is 17.8 Å². The lowest BCUT2D eigenvalue weighted by molar-refractivity contribution is -0.139. The molecule has 41 heavy (non-hydrogen) atoms. The van der Waals surface area contributed by atoms with Crippen molar-refractivity contribution < 1.29 is 14.7 Å². The summed E-state index contributed by atoms with van der Waals surface area (Å²) in [6.07, 6.45) is 10.7. The summed E-state index contributed by atoms with van der Waals surface area (Å²) in [5.41, 5.74) is 5.59. The Morgan fingerprint density at radius 2 is 1.76 bits per heavy atom. The lowest BCUT2D eigenvalue weighted by Crippen LogP contribution is -2.58. The molecule has 0 spiro atoms. The van der Waals surface area contributed by atoms with Crippen LogP contribution in [0.4, 0.5) is 11.4 Å². The zero-order valence-corrected chi connectivity index (χ0v) is 23.9. The molecule has 8 heteroatoms. The molecule has 0 aromatic heterocycles. The van der Waals surface area contributed by atoms with Gasteiger partial charge < -0.3 is 25.1 Å². The van der Waals surface area contributed by atoms with E-state index in [1.165, 1.54) is 0 Å². The molecule has 212 valence electrons. The van der Waals surface area contributed by atoms with E-state index < -0.39 is 12.0 Å². The van der Waals surface area contributed by atoms with Crippen LogP contribution in [0, 0.1) is 37.5 Å². The number of aliphatic carboxylic acids is 1. The largest absolute Gasteiger partial charge is 0.480 e. The molecule has 0 saturated carbocycles. The van der Waals surface area contributed by atoms with Crippen LogP contribution < -0.4 is 10.2 Å². The molecule has 2 heterocycles. The predicted molar refractivity (Wildman–Crippen MR) is 162 cm³/mol. The second-order valence-electron chi connectivity index (χ2n) is 10.5. The highest BCUT2D eigenvalue weighted by molar-refractivity contribution is 5.97. The zero-order valence-electron chi connectivity index (χ0n) is 23.9. The van der Waals surface area contributed by atoms with E-state index in [1.807, 2.05) is 68.1 Å². The molecule has 4 rings (SSSR count). The third-order valence-electron chi connectivity index (χ3n) is 7.94. The van der Waals surface area contributed by atoms with Crippen LogP contribution in [-0.2, 0) is 4.79 Å². The number of rotatable bonds is 7. The van der Waals surface area contributed by atoms with Crippen LogP contribution in [0.25, 0.3) is 0 Å². The Morgan fingerprint density at radius 3 is 2.37 bits per heavy atom. The van der Waals surface area contributed by atoms with Crippen molar-refractivity contribution in [3.8, 4) is 18.4 Å². The fourth-order valence-corrected chi connectivity index (χ4v) is 5.69. The predicted octanol–water partition coefficient (Wildman–Crippen LogP) is 4.58. The topological polar surface area (TPSA) is 99.9 Å². The lowest BCUT2D eigenvalue weighted by atomic mass is 9.98. The number of nitriles is 1. The van der Waals surface area contributed by atoms with Gasteiger partial charge in [-0.15, -0.1) is 6.42 Å². The van der Waals surface area contributed by atoms with E-state index in [0.717, 1.165) is 54.1 Å². The number of terminal acetylenes is 1.